The first-order valence-electron chi connectivity index (χ1n) is 9.69. The minimum absolute atomic E-state index is 0.195. The van der Waals surface area contributed by atoms with E-state index in [9.17, 15) is 4.79 Å². The van der Waals surface area contributed by atoms with Crippen molar-refractivity contribution in [3.63, 3.8) is 0 Å². The van der Waals surface area contributed by atoms with Gasteiger partial charge in [-0.25, -0.2) is 4.98 Å². The Bertz CT molecular complexity index is 993. The predicted molar refractivity (Wildman–Crippen MR) is 115 cm³/mol. The molecular formula is C22H23N3O3S. The molecule has 1 aromatic heterocycles. The maximum atomic E-state index is 12.7. The van der Waals surface area contributed by atoms with Gasteiger partial charge in [-0.3, -0.25) is 4.79 Å². The molecule has 1 aliphatic heterocycles. The van der Waals surface area contributed by atoms with Gasteiger partial charge in [-0.2, -0.15) is 0 Å². The van der Waals surface area contributed by atoms with Crippen molar-refractivity contribution in [1.29, 1.82) is 0 Å². The molecule has 0 fully saturated rings. The average Bonchev–Trinajstić information content (AvgIpc) is 3.32. The summed E-state index contributed by atoms with van der Waals surface area (Å²) in [5.74, 6) is 2.10. The van der Waals surface area contributed by atoms with Gasteiger partial charge in [0, 0.05) is 35.3 Å². The Balaban J connectivity index is 1.47. The molecule has 7 heteroatoms. The molecule has 6 nitrogen and oxygen atoms in total. The van der Waals surface area contributed by atoms with Crippen molar-refractivity contribution in [2.75, 3.05) is 24.3 Å². The number of anilines is 1. The number of thioether (sulfide) groups is 1. The number of aromatic nitrogens is 2. The maximum Gasteiger partial charge on any atom is 0.255 e. The average molecular weight is 410 g/mol. The fourth-order valence-corrected chi connectivity index (χ4v) is 4.11. The molecule has 1 amide bonds. The minimum atomic E-state index is -0.195. The lowest BCUT2D eigenvalue weighted by molar-refractivity contribution is 0.102. The van der Waals surface area contributed by atoms with Crippen LogP contribution in [0, 0.1) is 0 Å². The van der Waals surface area contributed by atoms with Crippen LogP contribution in [0.3, 0.4) is 0 Å². The van der Waals surface area contributed by atoms with Crippen LogP contribution in [0.4, 0.5) is 5.69 Å². The molecule has 150 valence electrons. The van der Waals surface area contributed by atoms with E-state index in [0.717, 1.165) is 34.4 Å². The third kappa shape index (κ3) is 4.24. The molecule has 0 aliphatic carbocycles. The Morgan fingerprint density at radius 3 is 2.59 bits per heavy atom. The van der Waals surface area contributed by atoms with E-state index in [0.29, 0.717) is 30.3 Å². The van der Waals surface area contributed by atoms with Crippen molar-refractivity contribution in [2.45, 2.75) is 25.5 Å². The summed E-state index contributed by atoms with van der Waals surface area (Å²) in [6, 6.07) is 12.9. The SMILES string of the molecule is CCOc1ccc(C(=O)Nc2ccc(-c3cn4c(n3)SCC4)cc2)cc1OCC. The van der Waals surface area contributed by atoms with E-state index >= 15 is 0 Å². The molecule has 3 aromatic rings. The molecule has 0 saturated heterocycles. The number of aryl methyl sites for hydroxylation is 1. The lowest BCUT2D eigenvalue weighted by Crippen LogP contribution is -2.12. The first-order chi connectivity index (χ1) is 14.2. The number of amides is 1. The molecule has 2 aromatic carbocycles. The van der Waals surface area contributed by atoms with Crippen molar-refractivity contribution < 1.29 is 14.3 Å². The van der Waals surface area contributed by atoms with Crippen LogP contribution in [0.1, 0.15) is 24.2 Å². The highest BCUT2D eigenvalue weighted by Crippen LogP contribution is 2.30. The molecule has 0 atom stereocenters. The fourth-order valence-electron chi connectivity index (χ4n) is 3.17. The van der Waals surface area contributed by atoms with Gasteiger partial charge in [-0.15, -0.1) is 0 Å². The Hall–Kier alpha value is -2.93. The molecule has 0 saturated carbocycles. The van der Waals surface area contributed by atoms with Crippen molar-refractivity contribution in [3.05, 3.63) is 54.2 Å². The first-order valence-corrected chi connectivity index (χ1v) is 10.7. The largest absolute Gasteiger partial charge is 0.490 e. The van der Waals surface area contributed by atoms with E-state index in [4.69, 9.17) is 9.47 Å². The smallest absolute Gasteiger partial charge is 0.255 e. The van der Waals surface area contributed by atoms with Crippen LogP contribution in [-0.4, -0.2) is 34.4 Å². The summed E-state index contributed by atoms with van der Waals surface area (Å²) >= 11 is 1.78. The van der Waals surface area contributed by atoms with E-state index in [1.54, 1.807) is 30.0 Å². The number of hydrogen-bond donors (Lipinski definition) is 1. The minimum Gasteiger partial charge on any atom is -0.490 e. The second-order valence-electron chi connectivity index (χ2n) is 6.51. The summed E-state index contributed by atoms with van der Waals surface area (Å²) < 4.78 is 13.3. The summed E-state index contributed by atoms with van der Waals surface area (Å²) in [7, 11) is 0. The highest BCUT2D eigenvalue weighted by molar-refractivity contribution is 7.99. The summed E-state index contributed by atoms with van der Waals surface area (Å²) in [6.45, 7) is 5.86. The second-order valence-corrected chi connectivity index (χ2v) is 7.57. The van der Waals surface area contributed by atoms with E-state index in [-0.39, 0.29) is 5.91 Å². The quantitative estimate of drug-likeness (QED) is 0.612. The van der Waals surface area contributed by atoms with Gasteiger partial charge in [0.25, 0.3) is 5.91 Å². The molecule has 2 heterocycles. The maximum absolute atomic E-state index is 12.7. The Morgan fingerprint density at radius 2 is 1.86 bits per heavy atom. The molecule has 0 radical (unpaired) electrons. The van der Waals surface area contributed by atoms with Gasteiger partial charge < -0.3 is 19.4 Å². The van der Waals surface area contributed by atoms with Crippen LogP contribution in [0.5, 0.6) is 11.5 Å². The molecular weight excluding hydrogens is 386 g/mol. The van der Waals surface area contributed by atoms with Gasteiger partial charge in [0.1, 0.15) is 0 Å². The normalized spacial score (nSPS) is 12.5. The second kappa shape index (κ2) is 8.61. The molecule has 4 rings (SSSR count). The van der Waals surface area contributed by atoms with E-state index < -0.39 is 0 Å². The van der Waals surface area contributed by atoms with Gasteiger partial charge in [-0.05, 0) is 44.2 Å². The zero-order valence-electron chi connectivity index (χ0n) is 16.5. The summed E-state index contributed by atoms with van der Waals surface area (Å²) in [5.41, 5.74) is 3.23. The first kappa shape index (κ1) is 19.4. The van der Waals surface area contributed by atoms with Crippen molar-refractivity contribution in [1.82, 2.24) is 9.55 Å². The Morgan fingerprint density at radius 1 is 1.10 bits per heavy atom. The molecule has 29 heavy (non-hydrogen) atoms. The number of carbonyl (C=O) groups is 1. The molecule has 1 aliphatic rings. The molecule has 0 bridgehead atoms. The Labute approximate surface area is 174 Å². The topological polar surface area (TPSA) is 65.4 Å². The standard InChI is InChI=1S/C22H23N3O3S/c1-3-27-19-10-7-16(13-20(19)28-4-2)21(26)23-17-8-5-15(6-9-17)18-14-25-11-12-29-22(25)24-18/h5-10,13-14H,3-4,11-12H2,1-2H3,(H,23,26). The van der Waals surface area contributed by atoms with Gasteiger partial charge in [-0.1, -0.05) is 23.9 Å². The third-order valence-electron chi connectivity index (χ3n) is 4.55. The van der Waals surface area contributed by atoms with Gasteiger partial charge >= 0.3 is 0 Å². The molecule has 0 unspecified atom stereocenters. The number of hydrogen-bond acceptors (Lipinski definition) is 5. The number of nitrogens with zero attached hydrogens (tertiary/aromatic N) is 2. The zero-order valence-corrected chi connectivity index (χ0v) is 17.3. The van der Waals surface area contributed by atoms with E-state index in [1.165, 1.54) is 0 Å². The predicted octanol–water partition coefficient (Wildman–Crippen LogP) is 4.71. The number of fused-ring (bicyclic) bond motifs is 1. The Kier molecular flexibility index (Phi) is 5.76. The summed E-state index contributed by atoms with van der Waals surface area (Å²) in [5, 5.41) is 4.00. The molecule has 1 N–H and O–H groups in total. The van der Waals surface area contributed by atoms with Crippen LogP contribution in [0.15, 0.2) is 53.8 Å². The number of carbonyl (C=O) groups excluding carboxylic acids is 1. The fraction of sp³-hybridized carbons (Fsp3) is 0.273. The number of imidazole rings is 1. The van der Waals surface area contributed by atoms with E-state index in [2.05, 4.69) is 21.1 Å². The van der Waals surface area contributed by atoms with Crippen molar-refractivity contribution in [2.24, 2.45) is 0 Å². The molecule has 0 spiro atoms. The highest BCUT2D eigenvalue weighted by atomic mass is 32.2. The van der Waals surface area contributed by atoms with E-state index in [1.807, 2.05) is 38.1 Å². The van der Waals surface area contributed by atoms with Crippen molar-refractivity contribution in [3.8, 4) is 22.8 Å². The zero-order chi connectivity index (χ0) is 20.2. The van der Waals surface area contributed by atoms with Gasteiger partial charge in [0.15, 0.2) is 16.7 Å². The van der Waals surface area contributed by atoms with Crippen LogP contribution < -0.4 is 14.8 Å². The van der Waals surface area contributed by atoms with Crippen LogP contribution in [0.25, 0.3) is 11.3 Å². The monoisotopic (exact) mass is 409 g/mol. The van der Waals surface area contributed by atoms with Gasteiger partial charge in [0.2, 0.25) is 0 Å². The van der Waals surface area contributed by atoms with Crippen molar-refractivity contribution >= 4 is 23.4 Å². The van der Waals surface area contributed by atoms with Crippen LogP contribution in [0.2, 0.25) is 0 Å². The highest BCUT2D eigenvalue weighted by Gasteiger charge is 2.16. The number of nitrogens with one attached hydrogen (secondary N) is 1. The lowest BCUT2D eigenvalue weighted by atomic mass is 10.1. The third-order valence-corrected chi connectivity index (χ3v) is 5.52. The van der Waals surface area contributed by atoms with Crippen LogP contribution >= 0.6 is 11.8 Å². The number of ether oxygens (including phenoxy) is 2. The van der Waals surface area contributed by atoms with Gasteiger partial charge in [0.05, 0.1) is 18.9 Å². The number of rotatable bonds is 7. The number of benzene rings is 2. The summed E-state index contributed by atoms with van der Waals surface area (Å²) in [4.78, 5) is 17.3. The van der Waals surface area contributed by atoms with Crippen LogP contribution in [-0.2, 0) is 6.54 Å². The summed E-state index contributed by atoms with van der Waals surface area (Å²) in [6.07, 6.45) is 2.08. The lowest BCUT2D eigenvalue weighted by Gasteiger charge is -2.12.